The van der Waals surface area contributed by atoms with Gasteiger partial charge in [-0.1, -0.05) is 47.2 Å². The summed E-state index contributed by atoms with van der Waals surface area (Å²) in [5, 5.41) is 7.44. The Balaban J connectivity index is 1.62. The molecule has 2 aromatic carbocycles. The molecule has 0 saturated carbocycles. The van der Waals surface area contributed by atoms with E-state index in [-0.39, 0.29) is 5.91 Å². The molecule has 0 aliphatic heterocycles. The number of benzene rings is 2. The van der Waals surface area contributed by atoms with Crippen LogP contribution >= 0.6 is 34.3 Å². The second-order valence-electron chi connectivity index (χ2n) is 6.59. The minimum absolute atomic E-state index is 0.334. The number of carbonyl (C=O) groups excluding carboxylic acids is 1. The fourth-order valence-electron chi connectivity index (χ4n) is 3.03. The summed E-state index contributed by atoms with van der Waals surface area (Å²) in [4.78, 5) is 18.6. The number of thiazole rings is 1. The Morgan fingerprint density at radius 3 is 2.80 bits per heavy atom. The maximum atomic E-state index is 13.5. The van der Waals surface area contributed by atoms with E-state index in [0.717, 1.165) is 25.9 Å². The summed E-state index contributed by atoms with van der Waals surface area (Å²) in [6, 6.07) is 17.2. The van der Waals surface area contributed by atoms with Gasteiger partial charge in [0.25, 0.3) is 5.91 Å². The molecule has 5 rings (SSSR count). The molecule has 0 N–H and O–H groups in total. The van der Waals surface area contributed by atoms with Crippen molar-refractivity contribution in [3.05, 3.63) is 82.1 Å². The lowest BCUT2D eigenvalue weighted by Crippen LogP contribution is -2.25. The smallest absolute Gasteiger partial charge is 0.292 e. The number of rotatable bonds is 4. The van der Waals surface area contributed by atoms with E-state index in [2.05, 4.69) is 10.1 Å². The number of hydrogen-bond donors (Lipinski definition) is 0. The number of hydrogen-bond acceptors (Lipinski definition) is 6. The van der Waals surface area contributed by atoms with Crippen LogP contribution in [0.3, 0.4) is 0 Å². The third-order valence-corrected chi connectivity index (χ3v) is 7.14. The van der Waals surface area contributed by atoms with Crippen molar-refractivity contribution in [1.29, 1.82) is 0 Å². The maximum Gasteiger partial charge on any atom is 0.292 e. The van der Waals surface area contributed by atoms with Crippen molar-refractivity contribution in [2.24, 2.45) is 5.10 Å². The molecule has 3 aromatic heterocycles. The molecule has 0 aliphatic rings. The molecule has 0 spiro atoms. The van der Waals surface area contributed by atoms with Crippen molar-refractivity contribution in [3.63, 3.8) is 0 Å². The van der Waals surface area contributed by atoms with Crippen molar-refractivity contribution >= 4 is 71.8 Å². The molecule has 0 unspecified atom stereocenters. The van der Waals surface area contributed by atoms with Crippen molar-refractivity contribution < 1.29 is 9.21 Å². The number of carbonyl (C=O) groups is 1. The number of aryl methyl sites for hydroxylation is 1. The average molecular weight is 452 g/mol. The molecule has 0 radical (unpaired) electrons. The second-order valence-corrected chi connectivity index (χ2v) is 9.03. The van der Waals surface area contributed by atoms with Crippen LogP contribution in [0.5, 0.6) is 0 Å². The summed E-state index contributed by atoms with van der Waals surface area (Å²) >= 11 is 9.31. The molecule has 5 nitrogen and oxygen atoms in total. The maximum absolute atomic E-state index is 13.5. The largest absolute Gasteiger partial charge is 0.463 e. The molecule has 0 atom stereocenters. The molecular formula is C22H14ClN3O2S2. The van der Waals surface area contributed by atoms with Crippen molar-refractivity contribution in [2.75, 3.05) is 5.01 Å². The Kier molecular flexibility index (Phi) is 4.86. The monoisotopic (exact) mass is 451 g/mol. The number of amides is 1. The van der Waals surface area contributed by atoms with Crippen LogP contribution in [0.25, 0.3) is 20.3 Å². The number of fused-ring (bicyclic) bond motifs is 2. The highest BCUT2D eigenvalue weighted by atomic mass is 35.5. The van der Waals surface area contributed by atoms with Crippen LogP contribution in [0, 0.1) is 6.92 Å². The Hall–Kier alpha value is -3.00. The SMILES string of the molecule is Cc1ccc2nc(N(/N=C/c3ccco3)C(=O)c3sc4ccccc4c3Cl)sc2c1. The predicted molar refractivity (Wildman–Crippen MR) is 124 cm³/mol. The van der Waals surface area contributed by atoms with Gasteiger partial charge in [0.1, 0.15) is 10.6 Å². The Morgan fingerprint density at radius 1 is 1.13 bits per heavy atom. The predicted octanol–water partition coefficient (Wildman–Crippen LogP) is 6.75. The lowest BCUT2D eigenvalue weighted by atomic mass is 10.2. The lowest BCUT2D eigenvalue weighted by molar-refractivity contribution is 0.0992. The highest BCUT2D eigenvalue weighted by Crippen LogP contribution is 2.38. The molecular weight excluding hydrogens is 438 g/mol. The lowest BCUT2D eigenvalue weighted by Gasteiger charge is -2.12. The highest BCUT2D eigenvalue weighted by molar-refractivity contribution is 7.23. The van der Waals surface area contributed by atoms with Crippen LogP contribution in [-0.2, 0) is 0 Å². The molecule has 0 aliphatic carbocycles. The van der Waals surface area contributed by atoms with E-state index < -0.39 is 0 Å². The molecule has 0 saturated heterocycles. The van der Waals surface area contributed by atoms with E-state index in [1.165, 1.54) is 33.9 Å². The zero-order valence-electron chi connectivity index (χ0n) is 15.7. The molecule has 1 amide bonds. The number of thiophene rings is 1. The van der Waals surface area contributed by atoms with Gasteiger partial charge >= 0.3 is 0 Å². The summed E-state index contributed by atoms with van der Waals surface area (Å²) in [7, 11) is 0. The normalized spacial score (nSPS) is 11.7. The van der Waals surface area contributed by atoms with Crippen LogP contribution in [0.2, 0.25) is 5.02 Å². The van der Waals surface area contributed by atoms with Crippen molar-refractivity contribution in [2.45, 2.75) is 6.92 Å². The van der Waals surface area contributed by atoms with E-state index >= 15 is 0 Å². The van der Waals surface area contributed by atoms with Gasteiger partial charge in [-0.05, 0) is 42.8 Å². The topological polar surface area (TPSA) is 58.7 Å². The van der Waals surface area contributed by atoms with Gasteiger partial charge in [-0.3, -0.25) is 4.79 Å². The van der Waals surface area contributed by atoms with E-state index in [0.29, 0.717) is 20.8 Å². The Labute approximate surface area is 184 Å². The third kappa shape index (κ3) is 3.41. The molecule has 0 fully saturated rings. The molecule has 0 bridgehead atoms. The van der Waals surface area contributed by atoms with E-state index in [4.69, 9.17) is 16.0 Å². The zero-order chi connectivity index (χ0) is 20.7. The molecule has 30 heavy (non-hydrogen) atoms. The fourth-order valence-corrected chi connectivity index (χ4v) is 5.48. The summed E-state index contributed by atoms with van der Waals surface area (Å²) < 4.78 is 7.25. The first kappa shape index (κ1) is 19.0. The van der Waals surface area contributed by atoms with Crippen LogP contribution in [0.15, 0.2) is 70.4 Å². The van der Waals surface area contributed by atoms with Gasteiger partial charge in [0, 0.05) is 10.1 Å². The first-order valence-corrected chi connectivity index (χ1v) is 11.1. The van der Waals surface area contributed by atoms with Crippen molar-refractivity contribution in [3.8, 4) is 0 Å². The minimum Gasteiger partial charge on any atom is -0.463 e. The van der Waals surface area contributed by atoms with Crippen LogP contribution in [-0.4, -0.2) is 17.1 Å². The van der Waals surface area contributed by atoms with Gasteiger partial charge in [-0.15, -0.1) is 11.3 Å². The number of aromatic nitrogens is 1. The molecule has 3 heterocycles. The highest BCUT2D eigenvalue weighted by Gasteiger charge is 2.26. The van der Waals surface area contributed by atoms with Gasteiger partial charge in [0.2, 0.25) is 5.13 Å². The third-order valence-electron chi connectivity index (χ3n) is 4.48. The van der Waals surface area contributed by atoms with Crippen LogP contribution < -0.4 is 5.01 Å². The van der Waals surface area contributed by atoms with Gasteiger partial charge in [0.05, 0.1) is 27.7 Å². The van der Waals surface area contributed by atoms with Gasteiger partial charge < -0.3 is 4.42 Å². The van der Waals surface area contributed by atoms with E-state index in [9.17, 15) is 4.79 Å². The van der Waals surface area contributed by atoms with Gasteiger partial charge in [-0.25, -0.2) is 4.98 Å². The average Bonchev–Trinajstić information content (AvgIpc) is 3.47. The van der Waals surface area contributed by atoms with E-state index in [1.807, 2.05) is 49.4 Å². The van der Waals surface area contributed by atoms with Gasteiger partial charge in [-0.2, -0.15) is 10.1 Å². The number of hydrazone groups is 1. The number of nitrogens with zero attached hydrogens (tertiary/aromatic N) is 3. The molecule has 5 aromatic rings. The minimum atomic E-state index is -0.334. The Bertz CT molecular complexity index is 1400. The van der Waals surface area contributed by atoms with Gasteiger partial charge in [0.15, 0.2) is 0 Å². The first-order chi connectivity index (χ1) is 14.6. The van der Waals surface area contributed by atoms with Crippen LogP contribution in [0.4, 0.5) is 5.13 Å². The van der Waals surface area contributed by atoms with Crippen molar-refractivity contribution in [1.82, 2.24) is 4.98 Å². The Morgan fingerprint density at radius 2 is 2.00 bits per heavy atom. The summed E-state index contributed by atoms with van der Waals surface area (Å²) in [6.45, 7) is 2.02. The summed E-state index contributed by atoms with van der Waals surface area (Å²) in [5.41, 5.74) is 1.94. The molecule has 8 heteroatoms. The summed E-state index contributed by atoms with van der Waals surface area (Å²) in [5.74, 6) is 0.201. The standard InChI is InChI=1S/C22H14ClN3O2S2/c1-13-8-9-16-18(11-13)30-22(25-16)26(24-12-14-5-4-10-28-14)21(27)20-19(23)15-6-2-3-7-17(15)29-20/h2-12H,1H3/b24-12+. The van der Waals surface area contributed by atoms with Crippen LogP contribution in [0.1, 0.15) is 21.0 Å². The number of furan rings is 1. The summed E-state index contributed by atoms with van der Waals surface area (Å²) in [6.07, 6.45) is 3.05. The van der Waals surface area contributed by atoms with E-state index in [1.54, 1.807) is 18.4 Å². The second kappa shape index (κ2) is 7.68. The number of halogens is 1. The molecule has 148 valence electrons. The fraction of sp³-hybridized carbons (Fsp3) is 0.0455. The number of anilines is 1. The first-order valence-electron chi connectivity index (χ1n) is 9.06. The zero-order valence-corrected chi connectivity index (χ0v) is 18.1. The quantitative estimate of drug-likeness (QED) is 0.224.